The molecule has 1 aliphatic rings. The maximum Gasteiger partial charge on any atom is 0.276 e. The second kappa shape index (κ2) is 8.67. The summed E-state index contributed by atoms with van der Waals surface area (Å²) in [5.41, 5.74) is 3.49. The zero-order chi connectivity index (χ0) is 22.0. The highest BCUT2D eigenvalue weighted by molar-refractivity contribution is 5.94. The Hall–Kier alpha value is -3.55. The van der Waals surface area contributed by atoms with Crippen molar-refractivity contribution in [2.24, 2.45) is 0 Å². The van der Waals surface area contributed by atoms with Crippen LogP contribution in [0.1, 0.15) is 44.8 Å². The van der Waals surface area contributed by atoms with Gasteiger partial charge in [0.05, 0.1) is 17.4 Å². The standard InChI is InChI=1S/C23H24FN5O2/c1-15-7-8-18(13-16(15)2)29-14-21(26-27-29)23(31)28-11-9-17(10-12-28)25-22(30)19-5-3-4-6-20(19)24/h3-8,13-14,17H,9-12H2,1-2H3,(H,25,30). The summed E-state index contributed by atoms with van der Waals surface area (Å²) in [6, 6.07) is 11.7. The Morgan fingerprint density at radius 3 is 2.52 bits per heavy atom. The first-order valence-corrected chi connectivity index (χ1v) is 10.3. The normalized spacial score (nSPS) is 14.5. The van der Waals surface area contributed by atoms with Gasteiger partial charge in [-0.2, -0.15) is 0 Å². The molecule has 2 amide bonds. The van der Waals surface area contributed by atoms with Crippen LogP contribution >= 0.6 is 0 Å². The molecule has 0 atom stereocenters. The largest absolute Gasteiger partial charge is 0.349 e. The summed E-state index contributed by atoms with van der Waals surface area (Å²) in [4.78, 5) is 26.8. The van der Waals surface area contributed by atoms with Crippen LogP contribution in [0.25, 0.3) is 5.69 Å². The predicted molar refractivity (Wildman–Crippen MR) is 114 cm³/mol. The second-order valence-electron chi connectivity index (χ2n) is 7.84. The van der Waals surface area contributed by atoms with Gasteiger partial charge in [0, 0.05) is 19.1 Å². The molecule has 7 nitrogen and oxygen atoms in total. The van der Waals surface area contributed by atoms with Gasteiger partial charge in [-0.05, 0) is 62.1 Å². The highest BCUT2D eigenvalue weighted by atomic mass is 19.1. The molecular weight excluding hydrogens is 397 g/mol. The van der Waals surface area contributed by atoms with Crippen LogP contribution in [0.2, 0.25) is 0 Å². The number of aromatic nitrogens is 3. The Balaban J connectivity index is 1.35. The Labute approximate surface area is 179 Å². The van der Waals surface area contributed by atoms with E-state index < -0.39 is 11.7 Å². The number of halogens is 1. The SMILES string of the molecule is Cc1ccc(-n2cc(C(=O)N3CCC(NC(=O)c4ccccc4F)CC3)nn2)cc1C. The fourth-order valence-electron chi connectivity index (χ4n) is 3.65. The monoisotopic (exact) mass is 421 g/mol. The van der Waals surface area contributed by atoms with E-state index in [4.69, 9.17) is 0 Å². The molecule has 8 heteroatoms. The lowest BCUT2D eigenvalue weighted by Gasteiger charge is -2.31. The number of hydrogen-bond acceptors (Lipinski definition) is 4. The Bertz CT molecular complexity index is 1120. The molecule has 1 saturated heterocycles. The van der Waals surface area contributed by atoms with Crippen molar-refractivity contribution in [3.8, 4) is 5.69 Å². The van der Waals surface area contributed by atoms with E-state index in [9.17, 15) is 14.0 Å². The van der Waals surface area contributed by atoms with Crippen molar-refractivity contribution in [2.45, 2.75) is 32.7 Å². The highest BCUT2D eigenvalue weighted by Gasteiger charge is 2.27. The minimum Gasteiger partial charge on any atom is -0.349 e. The molecule has 0 bridgehead atoms. The van der Waals surface area contributed by atoms with Gasteiger partial charge in [-0.3, -0.25) is 9.59 Å². The molecule has 1 aromatic heterocycles. The number of nitrogens with zero attached hydrogens (tertiary/aromatic N) is 4. The van der Waals surface area contributed by atoms with Crippen LogP contribution < -0.4 is 5.32 Å². The van der Waals surface area contributed by atoms with Crippen molar-refractivity contribution in [3.63, 3.8) is 0 Å². The summed E-state index contributed by atoms with van der Waals surface area (Å²) in [5, 5.41) is 11.0. The summed E-state index contributed by atoms with van der Waals surface area (Å²) in [5.74, 6) is -1.16. The number of carbonyl (C=O) groups excluding carboxylic acids is 2. The van der Waals surface area contributed by atoms with Crippen LogP contribution in [0.3, 0.4) is 0 Å². The number of aryl methyl sites for hydroxylation is 2. The number of carbonyl (C=O) groups is 2. The van der Waals surface area contributed by atoms with Gasteiger partial charge in [0.25, 0.3) is 11.8 Å². The van der Waals surface area contributed by atoms with Gasteiger partial charge in [-0.1, -0.05) is 23.4 Å². The molecule has 0 spiro atoms. The van der Waals surface area contributed by atoms with Gasteiger partial charge < -0.3 is 10.2 Å². The highest BCUT2D eigenvalue weighted by Crippen LogP contribution is 2.17. The molecule has 0 unspecified atom stereocenters. The van der Waals surface area contributed by atoms with E-state index in [2.05, 4.69) is 15.6 Å². The number of piperidine rings is 1. The van der Waals surface area contributed by atoms with Gasteiger partial charge in [0.2, 0.25) is 0 Å². The maximum absolute atomic E-state index is 13.8. The molecule has 0 aliphatic carbocycles. The summed E-state index contributed by atoms with van der Waals surface area (Å²) >= 11 is 0. The third kappa shape index (κ3) is 4.47. The van der Waals surface area contributed by atoms with Crippen molar-refractivity contribution in [3.05, 3.63) is 76.9 Å². The van der Waals surface area contributed by atoms with Crippen LogP contribution in [0.5, 0.6) is 0 Å². The van der Waals surface area contributed by atoms with Gasteiger partial charge in [0.1, 0.15) is 5.82 Å². The molecular formula is C23H24FN5O2. The first-order valence-electron chi connectivity index (χ1n) is 10.3. The summed E-state index contributed by atoms with van der Waals surface area (Å²) in [7, 11) is 0. The van der Waals surface area contributed by atoms with Crippen LogP contribution in [-0.2, 0) is 0 Å². The minimum absolute atomic E-state index is 0.0314. The Kier molecular flexibility index (Phi) is 5.79. The van der Waals surface area contributed by atoms with Gasteiger partial charge in [0.15, 0.2) is 5.69 Å². The van der Waals surface area contributed by atoms with Crippen LogP contribution in [0.15, 0.2) is 48.7 Å². The average Bonchev–Trinajstić information content (AvgIpc) is 3.26. The van der Waals surface area contributed by atoms with Gasteiger partial charge in [-0.15, -0.1) is 5.10 Å². The average molecular weight is 421 g/mol. The lowest BCUT2D eigenvalue weighted by atomic mass is 10.0. The Morgan fingerprint density at radius 1 is 1.06 bits per heavy atom. The topological polar surface area (TPSA) is 80.1 Å². The zero-order valence-corrected chi connectivity index (χ0v) is 17.5. The third-order valence-electron chi connectivity index (χ3n) is 5.70. The van der Waals surface area contributed by atoms with Crippen molar-refractivity contribution in [1.82, 2.24) is 25.2 Å². The number of benzene rings is 2. The third-order valence-corrected chi connectivity index (χ3v) is 5.70. The summed E-state index contributed by atoms with van der Waals surface area (Å²) in [6.45, 7) is 5.03. The lowest BCUT2D eigenvalue weighted by Crippen LogP contribution is -2.46. The summed E-state index contributed by atoms with van der Waals surface area (Å²) < 4.78 is 15.4. The van der Waals surface area contributed by atoms with E-state index >= 15 is 0 Å². The quantitative estimate of drug-likeness (QED) is 0.702. The van der Waals surface area contributed by atoms with E-state index in [1.807, 2.05) is 32.0 Å². The maximum atomic E-state index is 13.8. The van der Waals surface area contributed by atoms with Crippen molar-refractivity contribution in [2.75, 3.05) is 13.1 Å². The minimum atomic E-state index is -0.542. The molecule has 160 valence electrons. The first kappa shape index (κ1) is 20.7. The van der Waals surface area contributed by atoms with Gasteiger partial charge in [-0.25, -0.2) is 9.07 Å². The van der Waals surface area contributed by atoms with Crippen LogP contribution in [0.4, 0.5) is 4.39 Å². The van der Waals surface area contributed by atoms with Crippen molar-refractivity contribution < 1.29 is 14.0 Å². The molecule has 1 aliphatic heterocycles. The fraction of sp³-hybridized carbons (Fsp3) is 0.304. The molecule has 4 rings (SSSR count). The van der Waals surface area contributed by atoms with Crippen LogP contribution in [-0.4, -0.2) is 50.8 Å². The lowest BCUT2D eigenvalue weighted by molar-refractivity contribution is 0.0692. The molecule has 1 N–H and O–H groups in total. The molecule has 1 fully saturated rings. The number of rotatable bonds is 4. The molecule has 2 heterocycles. The summed E-state index contributed by atoms with van der Waals surface area (Å²) in [6.07, 6.45) is 2.83. The zero-order valence-electron chi connectivity index (χ0n) is 17.5. The molecule has 3 aromatic rings. The van der Waals surface area contributed by atoms with E-state index in [1.54, 1.807) is 27.9 Å². The molecule has 31 heavy (non-hydrogen) atoms. The molecule has 0 radical (unpaired) electrons. The predicted octanol–water partition coefficient (Wildman–Crippen LogP) is 3.06. The smallest absolute Gasteiger partial charge is 0.276 e. The van der Waals surface area contributed by atoms with Crippen molar-refractivity contribution >= 4 is 11.8 Å². The molecule has 0 saturated carbocycles. The van der Waals surface area contributed by atoms with Crippen LogP contribution in [0, 0.1) is 19.7 Å². The van der Waals surface area contributed by atoms with E-state index in [0.717, 1.165) is 11.3 Å². The van der Waals surface area contributed by atoms with E-state index in [0.29, 0.717) is 25.9 Å². The first-order chi connectivity index (χ1) is 14.9. The Morgan fingerprint density at radius 2 is 1.81 bits per heavy atom. The number of likely N-dealkylation sites (tertiary alicyclic amines) is 1. The fourth-order valence-corrected chi connectivity index (χ4v) is 3.65. The number of nitrogens with one attached hydrogen (secondary N) is 1. The van der Waals surface area contributed by atoms with E-state index in [1.165, 1.54) is 17.7 Å². The van der Waals surface area contributed by atoms with E-state index in [-0.39, 0.29) is 23.2 Å². The second-order valence-corrected chi connectivity index (χ2v) is 7.84. The molecule has 2 aromatic carbocycles. The van der Waals surface area contributed by atoms with Gasteiger partial charge >= 0.3 is 0 Å². The van der Waals surface area contributed by atoms with Crippen molar-refractivity contribution in [1.29, 1.82) is 0 Å². The number of hydrogen-bond donors (Lipinski definition) is 1. The number of amides is 2.